The maximum Gasteiger partial charge on any atom is 0.0622 e. The van der Waals surface area contributed by atoms with Crippen molar-refractivity contribution in [2.24, 2.45) is 0 Å². The fourth-order valence-electron chi connectivity index (χ4n) is 3.60. The average molecular weight is 509 g/mol. The van der Waals surface area contributed by atoms with E-state index in [2.05, 4.69) is 88.9 Å². The molecule has 31 heavy (non-hydrogen) atoms. The van der Waals surface area contributed by atoms with Gasteiger partial charge in [-0.2, -0.15) is 0 Å². The summed E-state index contributed by atoms with van der Waals surface area (Å²) in [4.78, 5) is 12.4. The maximum absolute atomic E-state index is 2.33. The molecular weight excluding hydrogens is 493 g/mol. The lowest BCUT2D eigenvalue weighted by atomic mass is 10.0. The Labute approximate surface area is 205 Å². The summed E-state index contributed by atoms with van der Waals surface area (Å²) in [7, 11) is 0. The van der Waals surface area contributed by atoms with Gasteiger partial charge in [0, 0.05) is 43.9 Å². The Kier molecular flexibility index (Phi) is 5.52. The van der Waals surface area contributed by atoms with Crippen LogP contribution in [0.25, 0.3) is 29.3 Å². The molecule has 6 heterocycles. The van der Waals surface area contributed by atoms with E-state index in [-0.39, 0.29) is 5.92 Å². The van der Waals surface area contributed by atoms with Gasteiger partial charge in [-0.3, -0.25) is 0 Å². The Morgan fingerprint density at radius 3 is 1.03 bits per heavy atom. The third kappa shape index (κ3) is 3.93. The highest BCUT2D eigenvalue weighted by atomic mass is 32.1. The summed E-state index contributed by atoms with van der Waals surface area (Å²) in [5.41, 5.74) is 0. The van der Waals surface area contributed by atoms with Crippen molar-refractivity contribution in [1.29, 1.82) is 0 Å². The fraction of sp³-hybridized carbons (Fsp3) is 0.0400. The number of hydrogen-bond donors (Lipinski definition) is 0. The monoisotopic (exact) mass is 508 g/mol. The van der Waals surface area contributed by atoms with Gasteiger partial charge < -0.3 is 0 Å². The molecule has 0 N–H and O–H groups in total. The minimum Gasteiger partial charge on any atom is -0.143 e. The summed E-state index contributed by atoms with van der Waals surface area (Å²) in [6, 6.07) is 26.9. The lowest BCUT2D eigenvalue weighted by Gasteiger charge is -2.12. The lowest BCUT2D eigenvalue weighted by Crippen LogP contribution is -1.95. The van der Waals surface area contributed by atoms with Crippen LogP contribution >= 0.6 is 68.0 Å². The first-order valence-corrected chi connectivity index (χ1v) is 14.8. The van der Waals surface area contributed by atoms with Gasteiger partial charge >= 0.3 is 0 Å². The molecule has 0 nitrogen and oxygen atoms in total. The highest BCUT2D eigenvalue weighted by Crippen LogP contribution is 2.47. The van der Waals surface area contributed by atoms with E-state index in [1.807, 2.05) is 68.0 Å². The molecule has 0 saturated heterocycles. The van der Waals surface area contributed by atoms with Crippen LogP contribution in [0.2, 0.25) is 0 Å². The normalized spacial score (nSPS) is 11.5. The molecule has 6 aromatic rings. The van der Waals surface area contributed by atoms with Crippen molar-refractivity contribution in [3.63, 3.8) is 0 Å². The molecule has 0 radical (unpaired) electrons. The van der Waals surface area contributed by atoms with E-state index >= 15 is 0 Å². The van der Waals surface area contributed by atoms with Crippen molar-refractivity contribution < 1.29 is 0 Å². The first-order valence-electron chi connectivity index (χ1n) is 9.76. The molecule has 0 aliphatic carbocycles. The van der Waals surface area contributed by atoms with Crippen molar-refractivity contribution >= 4 is 68.0 Å². The van der Waals surface area contributed by atoms with Gasteiger partial charge in [0.15, 0.2) is 0 Å². The second kappa shape index (κ2) is 8.62. The first-order chi connectivity index (χ1) is 15.3. The zero-order valence-corrected chi connectivity index (χ0v) is 21.1. The van der Waals surface area contributed by atoms with Gasteiger partial charge in [0.1, 0.15) is 0 Å². The summed E-state index contributed by atoms with van der Waals surface area (Å²) in [5, 5.41) is 6.47. The van der Waals surface area contributed by atoms with Crippen molar-refractivity contribution in [2.75, 3.05) is 0 Å². The molecule has 0 aliphatic rings. The molecule has 0 saturated carbocycles. The maximum atomic E-state index is 2.33. The lowest BCUT2D eigenvalue weighted by molar-refractivity contribution is 1.07. The summed E-state index contributed by atoms with van der Waals surface area (Å²) < 4.78 is 0. The van der Waals surface area contributed by atoms with E-state index in [0.29, 0.717) is 0 Å². The van der Waals surface area contributed by atoms with Gasteiger partial charge in [-0.1, -0.05) is 18.2 Å². The quantitative estimate of drug-likeness (QED) is 0.210. The van der Waals surface area contributed by atoms with Crippen molar-refractivity contribution in [3.05, 3.63) is 104 Å². The topological polar surface area (TPSA) is 0 Å². The first kappa shape index (κ1) is 19.9. The molecule has 0 fully saturated rings. The Morgan fingerprint density at radius 2 is 0.742 bits per heavy atom. The van der Waals surface area contributed by atoms with Gasteiger partial charge in [0.05, 0.1) is 5.92 Å². The molecule has 0 aliphatic heterocycles. The average Bonchev–Trinajstić information content (AvgIpc) is 3.61. The Bertz CT molecular complexity index is 1200. The SMILES string of the molecule is c1csc(-c2ccc(C(c3ccc(-c4cccs4)s3)c3ccc(-c4cccs4)s3)s2)c1. The van der Waals surface area contributed by atoms with E-state index in [0.717, 1.165) is 0 Å². The molecule has 0 unspecified atom stereocenters. The van der Waals surface area contributed by atoms with E-state index < -0.39 is 0 Å². The van der Waals surface area contributed by atoms with Gasteiger partial charge in [0.25, 0.3) is 0 Å². The Morgan fingerprint density at radius 1 is 0.387 bits per heavy atom. The molecule has 0 atom stereocenters. The van der Waals surface area contributed by atoms with E-state index in [9.17, 15) is 0 Å². The van der Waals surface area contributed by atoms with Crippen LogP contribution in [0.3, 0.4) is 0 Å². The zero-order chi connectivity index (χ0) is 20.6. The Hall–Kier alpha value is -1.80. The van der Waals surface area contributed by atoms with Crippen LogP contribution in [-0.4, -0.2) is 0 Å². The number of hydrogen-bond acceptors (Lipinski definition) is 6. The smallest absolute Gasteiger partial charge is 0.0622 e. The number of thiophene rings is 6. The van der Waals surface area contributed by atoms with Crippen LogP contribution in [0.4, 0.5) is 0 Å². The second-order valence-electron chi connectivity index (χ2n) is 6.97. The third-order valence-electron chi connectivity index (χ3n) is 5.03. The minimum atomic E-state index is 0.288. The standard InChI is InChI=1S/C25H16S6/c1-4-16(26-13-1)19-7-10-22(29-19)25(23-11-8-20(30-23)17-5-2-14-27-17)24-12-9-21(31-24)18-6-3-15-28-18/h1-15,25H. The van der Waals surface area contributed by atoms with Crippen molar-refractivity contribution in [3.8, 4) is 29.3 Å². The van der Waals surface area contributed by atoms with Crippen molar-refractivity contribution in [2.45, 2.75) is 5.92 Å². The molecule has 152 valence electrons. The van der Waals surface area contributed by atoms with Crippen LogP contribution in [0, 0.1) is 0 Å². The third-order valence-corrected chi connectivity index (χ3v) is 11.7. The number of rotatable bonds is 6. The highest BCUT2D eigenvalue weighted by Gasteiger charge is 2.24. The van der Waals surface area contributed by atoms with Crippen LogP contribution in [0.1, 0.15) is 20.5 Å². The zero-order valence-electron chi connectivity index (χ0n) is 16.2. The van der Waals surface area contributed by atoms with Gasteiger partial charge in [-0.25, -0.2) is 0 Å². The largest absolute Gasteiger partial charge is 0.143 e. The molecule has 6 aromatic heterocycles. The van der Waals surface area contributed by atoms with Crippen LogP contribution in [-0.2, 0) is 0 Å². The van der Waals surface area contributed by atoms with Gasteiger partial charge in [-0.15, -0.1) is 68.0 Å². The summed E-state index contributed by atoms with van der Waals surface area (Å²) in [6.07, 6.45) is 0. The summed E-state index contributed by atoms with van der Waals surface area (Å²) in [5.74, 6) is 0.288. The fourth-order valence-corrected chi connectivity index (χ4v) is 9.76. The molecular formula is C25H16S6. The van der Waals surface area contributed by atoms with E-state index in [4.69, 9.17) is 0 Å². The van der Waals surface area contributed by atoms with E-state index in [1.54, 1.807) is 0 Å². The molecule has 0 aromatic carbocycles. The highest BCUT2D eigenvalue weighted by molar-refractivity contribution is 7.23. The van der Waals surface area contributed by atoms with Crippen LogP contribution < -0.4 is 0 Å². The summed E-state index contributed by atoms with van der Waals surface area (Å²) in [6.45, 7) is 0. The molecule has 0 bridgehead atoms. The van der Waals surface area contributed by atoms with Crippen LogP contribution in [0.5, 0.6) is 0 Å². The molecule has 0 spiro atoms. The predicted octanol–water partition coefficient (Wildman–Crippen LogP) is 10.2. The predicted molar refractivity (Wildman–Crippen MR) is 144 cm³/mol. The van der Waals surface area contributed by atoms with Crippen LogP contribution in [0.15, 0.2) is 88.9 Å². The van der Waals surface area contributed by atoms with Gasteiger partial charge in [-0.05, 0) is 70.7 Å². The van der Waals surface area contributed by atoms with Crippen molar-refractivity contribution in [1.82, 2.24) is 0 Å². The second-order valence-corrected chi connectivity index (χ2v) is 13.2. The Balaban J connectivity index is 1.44. The minimum absolute atomic E-state index is 0.288. The molecule has 6 heteroatoms. The van der Waals surface area contributed by atoms with Gasteiger partial charge in [0.2, 0.25) is 0 Å². The molecule has 6 rings (SSSR count). The van der Waals surface area contributed by atoms with E-state index in [1.165, 1.54) is 43.9 Å². The molecule has 0 amide bonds. The summed E-state index contributed by atoms with van der Waals surface area (Å²) >= 11 is 11.2.